The molecule has 0 unspecified atom stereocenters. The number of benzene rings is 1. The number of hydrogen-bond donors (Lipinski definition) is 1. The molecule has 0 saturated carbocycles. The van der Waals surface area contributed by atoms with E-state index in [2.05, 4.69) is 5.32 Å². The highest BCUT2D eigenvalue weighted by atomic mass is 35.5. The first kappa shape index (κ1) is 18.2. The SMILES string of the molecule is CCCN(CCC(=O)Nc1c(Cl)cccc1Cl)S(C)(=O)=O. The summed E-state index contributed by atoms with van der Waals surface area (Å²) in [6.07, 6.45) is 1.85. The third-order valence-electron chi connectivity index (χ3n) is 2.76. The molecule has 0 radical (unpaired) electrons. The lowest BCUT2D eigenvalue weighted by Gasteiger charge is -2.19. The van der Waals surface area contributed by atoms with Crippen molar-refractivity contribution in [3.63, 3.8) is 0 Å². The van der Waals surface area contributed by atoms with Gasteiger partial charge in [0, 0.05) is 19.5 Å². The lowest BCUT2D eigenvalue weighted by Crippen LogP contribution is -2.33. The van der Waals surface area contributed by atoms with Gasteiger partial charge < -0.3 is 5.32 Å². The second-order valence-electron chi connectivity index (χ2n) is 4.56. The summed E-state index contributed by atoms with van der Waals surface area (Å²) in [7, 11) is -3.31. The maximum absolute atomic E-state index is 11.9. The topological polar surface area (TPSA) is 66.5 Å². The number of amides is 1. The molecule has 0 aliphatic carbocycles. The molecular weight excluding hydrogens is 335 g/mol. The van der Waals surface area contributed by atoms with E-state index in [0.29, 0.717) is 28.7 Å². The number of anilines is 1. The van der Waals surface area contributed by atoms with Crippen LogP contribution in [-0.4, -0.2) is 38.0 Å². The van der Waals surface area contributed by atoms with Gasteiger partial charge in [0.15, 0.2) is 0 Å². The highest BCUT2D eigenvalue weighted by molar-refractivity contribution is 7.88. The monoisotopic (exact) mass is 352 g/mol. The number of nitrogens with one attached hydrogen (secondary N) is 1. The summed E-state index contributed by atoms with van der Waals surface area (Å²) in [6, 6.07) is 4.90. The van der Waals surface area contributed by atoms with Crippen LogP contribution < -0.4 is 5.32 Å². The summed E-state index contributed by atoms with van der Waals surface area (Å²) in [6.45, 7) is 2.39. The first-order valence-corrected chi connectivity index (χ1v) is 9.05. The van der Waals surface area contributed by atoms with Gasteiger partial charge in [0.05, 0.1) is 22.0 Å². The molecule has 1 amide bonds. The molecule has 0 fully saturated rings. The quantitative estimate of drug-likeness (QED) is 0.820. The second kappa shape index (κ2) is 7.98. The molecule has 21 heavy (non-hydrogen) atoms. The molecule has 0 aromatic heterocycles. The molecule has 1 N–H and O–H groups in total. The van der Waals surface area contributed by atoms with Crippen molar-refractivity contribution < 1.29 is 13.2 Å². The summed E-state index contributed by atoms with van der Waals surface area (Å²) in [5.41, 5.74) is 0.340. The minimum absolute atomic E-state index is 0.0363. The van der Waals surface area contributed by atoms with Crippen molar-refractivity contribution in [1.82, 2.24) is 4.31 Å². The van der Waals surface area contributed by atoms with Crippen LogP contribution in [0.4, 0.5) is 5.69 Å². The first-order valence-electron chi connectivity index (χ1n) is 6.44. The number of hydrogen-bond acceptors (Lipinski definition) is 3. The van der Waals surface area contributed by atoms with Crippen molar-refractivity contribution in [2.24, 2.45) is 0 Å². The van der Waals surface area contributed by atoms with Crippen molar-refractivity contribution in [1.29, 1.82) is 0 Å². The summed E-state index contributed by atoms with van der Waals surface area (Å²) in [5, 5.41) is 3.28. The molecule has 8 heteroatoms. The van der Waals surface area contributed by atoms with Gasteiger partial charge in [0.25, 0.3) is 0 Å². The molecule has 0 bridgehead atoms. The van der Waals surface area contributed by atoms with Crippen LogP contribution >= 0.6 is 23.2 Å². The van der Waals surface area contributed by atoms with Crippen LogP contribution in [0.2, 0.25) is 10.0 Å². The van der Waals surface area contributed by atoms with E-state index in [-0.39, 0.29) is 18.9 Å². The van der Waals surface area contributed by atoms with Crippen LogP contribution in [0, 0.1) is 0 Å². The van der Waals surface area contributed by atoms with E-state index in [0.717, 1.165) is 6.26 Å². The van der Waals surface area contributed by atoms with Gasteiger partial charge in [0.1, 0.15) is 0 Å². The number of rotatable bonds is 7. The second-order valence-corrected chi connectivity index (χ2v) is 7.35. The Bertz CT molecular complexity index is 585. The van der Waals surface area contributed by atoms with E-state index in [9.17, 15) is 13.2 Å². The van der Waals surface area contributed by atoms with Gasteiger partial charge in [-0.15, -0.1) is 0 Å². The van der Waals surface area contributed by atoms with E-state index < -0.39 is 10.0 Å². The van der Waals surface area contributed by atoms with Crippen molar-refractivity contribution >= 4 is 44.8 Å². The number of nitrogens with zero attached hydrogens (tertiary/aromatic N) is 1. The predicted molar refractivity (Wildman–Crippen MR) is 86.4 cm³/mol. The molecule has 5 nitrogen and oxygen atoms in total. The molecule has 0 saturated heterocycles. The molecule has 1 rings (SSSR count). The fraction of sp³-hybridized carbons (Fsp3) is 0.462. The minimum atomic E-state index is -3.31. The zero-order valence-electron chi connectivity index (χ0n) is 11.9. The van der Waals surface area contributed by atoms with Crippen LogP contribution in [0.1, 0.15) is 19.8 Å². The van der Waals surface area contributed by atoms with Crippen LogP contribution in [0.15, 0.2) is 18.2 Å². The summed E-state index contributed by atoms with van der Waals surface area (Å²) in [5.74, 6) is -0.338. The zero-order chi connectivity index (χ0) is 16.0. The number of sulfonamides is 1. The molecule has 0 spiro atoms. The molecular formula is C13H18Cl2N2O3S. The maximum atomic E-state index is 11.9. The molecule has 1 aromatic rings. The van der Waals surface area contributed by atoms with Gasteiger partial charge in [-0.05, 0) is 18.6 Å². The number of carbonyl (C=O) groups is 1. The average Bonchev–Trinajstić information content (AvgIpc) is 2.37. The van der Waals surface area contributed by atoms with Gasteiger partial charge >= 0.3 is 0 Å². The third kappa shape index (κ3) is 5.82. The van der Waals surface area contributed by atoms with Gasteiger partial charge in [0.2, 0.25) is 15.9 Å². The van der Waals surface area contributed by atoms with Crippen LogP contribution in [0.3, 0.4) is 0 Å². The minimum Gasteiger partial charge on any atom is -0.324 e. The fourth-order valence-corrected chi connectivity index (χ4v) is 3.17. The molecule has 0 aliphatic heterocycles. The summed E-state index contributed by atoms with van der Waals surface area (Å²) >= 11 is 11.9. The average molecular weight is 353 g/mol. The van der Waals surface area contributed by atoms with E-state index in [1.54, 1.807) is 18.2 Å². The molecule has 118 valence electrons. The Balaban J connectivity index is 2.66. The normalized spacial score (nSPS) is 11.7. The van der Waals surface area contributed by atoms with Gasteiger partial charge in [-0.25, -0.2) is 12.7 Å². The maximum Gasteiger partial charge on any atom is 0.225 e. The predicted octanol–water partition coefficient (Wildman–Crippen LogP) is 2.99. The number of carbonyl (C=O) groups excluding carboxylic acids is 1. The molecule has 0 aliphatic rings. The molecule has 0 heterocycles. The third-order valence-corrected chi connectivity index (χ3v) is 4.69. The first-order chi connectivity index (χ1) is 9.75. The van der Waals surface area contributed by atoms with Gasteiger partial charge in [-0.1, -0.05) is 36.2 Å². The van der Waals surface area contributed by atoms with E-state index in [4.69, 9.17) is 23.2 Å². The summed E-state index contributed by atoms with van der Waals surface area (Å²) < 4.78 is 24.4. The van der Waals surface area contributed by atoms with Crippen molar-refractivity contribution in [3.05, 3.63) is 28.2 Å². The Hall–Kier alpha value is -0.820. The standard InChI is InChI=1S/C13H18Cl2N2O3S/c1-3-8-17(21(2,19)20)9-7-12(18)16-13-10(14)5-4-6-11(13)15/h4-6H,3,7-9H2,1-2H3,(H,16,18). The van der Waals surface area contributed by atoms with Crippen molar-refractivity contribution in [2.45, 2.75) is 19.8 Å². The van der Waals surface area contributed by atoms with Crippen molar-refractivity contribution in [3.8, 4) is 0 Å². The molecule has 0 atom stereocenters. The van der Waals surface area contributed by atoms with Gasteiger partial charge in [-0.3, -0.25) is 4.79 Å². The zero-order valence-corrected chi connectivity index (χ0v) is 14.2. The Labute approximate surface area is 135 Å². The van der Waals surface area contributed by atoms with Crippen molar-refractivity contribution in [2.75, 3.05) is 24.7 Å². The fourth-order valence-electron chi connectivity index (χ4n) is 1.74. The lowest BCUT2D eigenvalue weighted by atomic mass is 10.3. The largest absolute Gasteiger partial charge is 0.324 e. The van der Waals surface area contributed by atoms with E-state index >= 15 is 0 Å². The van der Waals surface area contributed by atoms with E-state index in [1.165, 1.54) is 4.31 Å². The van der Waals surface area contributed by atoms with Crippen LogP contribution in [0.25, 0.3) is 0 Å². The Morgan fingerprint density at radius 2 is 1.81 bits per heavy atom. The van der Waals surface area contributed by atoms with E-state index in [1.807, 2.05) is 6.92 Å². The summed E-state index contributed by atoms with van der Waals surface area (Å²) in [4.78, 5) is 11.9. The molecule has 1 aromatic carbocycles. The Kier molecular flexibility index (Phi) is 6.93. The van der Waals surface area contributed by atoms with Crippen LogP contribution in [0.5, 0.6) is 0 Å². The highest BCUT2D eigenvalue weighted by Crippen LogP contribution is 2.29. The Morgan fingerprint density at radius 1 is 1.24 bits per heavy atom. The Morgan fingerprint density at radius 3 is 2.29 bits per heavy atom. The number of para-hydroxylation sites is 1. The van der Waals surface area contributed by atoms with Crippen LogP contribution in [-0.2, 0) is 14.8 Å². The van der Waals surface area contributed by atoms with Gasteiger partial charge in [-0.2, -0.15) is 0 Å². The highest BCUT2D eigenvalue weighted by Gasteiger charge is 2.17. The lowest BCUT2D eigenvalue weighted by molar-refractivity contribution is -0.116. The number of halogens is 2. The smallest absolute Gasteiger partial charge is 0.225 e.